The molecule has 1 N–H and O–H groups in total. The maximum Gasteiger partial charge on any atom is 0.0302 e. The van der Waals surface area contributed by atoms with Gasteiger partial charge >= 0.3 is 0 Å². The Morgan fingerprint density at radius 1 is 1.64 bits per heavy atom. The van der Waals surface area contributed by atoms with Crippen LogP contribution in [0, 0.1) is 0 Å². The Hall–Kier alpha value is 0.490. The van der Waals surface area contributed by atoms with E-state index in [0.29, 0.717) is 6.04 Å². The maximum absolute atomic E-state index is 3.52. The minimum absolute atomic E-state index is 0.598. The van der Waals surface area contributed by atoms with E-state index < -0.39 is 0 Å². The van der Waals surface area contributed by atoms with E-state index in [1.54, 1.807) is 11.3 Å². The van der Waals surface area contributed by atoms with Crippen LogP contribution >= 0.6 is 39.0 Å². The number of thiophene rings is 1. The second-order valence-corrected chi connectivity index (χ2v) is 6.40. The fraction of sp³-hybridized carbons (Fsp3) is 0.600. The summed E-state index contributed by atoms with van der Waals surface area (Å²) in [5.41, 5.74) is 0. The second-order valence-electron chi connectivity index (χ2n) is 3.17. The highest BCUT2D eigenvalue weighted by Gasteiger charge is 2.02. The van der Waals surface area contributed by atoms with Gasteiger partial charge in [0.05, 0.1) is 0 Å². The van der Waals surface area contributed by atoms with Crippen molar-refractivity contribution in [1.29, 1.82) is 0 Å². The molecule has 1 heterocycles. The van der Waals surface area contributed by atoms with Gasteiger partial charge in [0.15, 0.2) is 0 Å². The summed E-state index contributed by atoms with van der Waals surface area (Å²) in [5.74, 6) is 2.40. The first kappa shape index (κ1) is 12.6. The van der Waals surface area contributed by atoms with Crippen LogP contribution in [0.15, 0.2) is 15.9 Å². The molecule has 1 nitrogen and oxygen atoms in total. The van der Waals surface area contributed by atoms with Gasteiger partial charge in [0.2, 0.25) is 0 Å². The van der Waals surface area contributed by atoms with Gasteiger partial charge in [0, 0.05) is 33.1 Å². The summed E-state index contributed by atoms with van der Waals surface area (Å²) in [6.45, 7) is 5.43. The lowest BCUT2D eigenvalue weighted by Crippen LogP contribution is -2.27. The van der Waals surface area contributed by atoms with Crippen molar-refractivity contribution >= 4 is 39.0 Å². The topological polar surface area (TPSA) is 12.0 Å². The molecule has 1 unspecified atom stereocenters. The van der Waals surface area contributed by atoms with Gasteiger partial charge in [-0.3, -0.25) is 0 Å². The largest absolute Gasteiger partial charge is 0.309 e. The molecule has 0 spiro atoms. The van der Waals surface area contributed by atoms with E-state index in [-0.39, 0.29) is 0 Å². The molecule has 0 fully saturated rings. The van der Waals surface area contributed by atoms with Gasteiger partial charge in [-0.1, -0.05) is 6.92 Å². The highest BCUT2D eigenvalue weighted by molar-refractivity contribution is 9.10. The zero-order chi connectivity index (χ0) is 10.4. The van der Waals surface area contributed by atoms with Gasteiger partial charge in [-0.2, -0.15) is 11.8 Å². The Morgan fingerprint density at radius 2 is 2.43 bits per heavy atom. The molecular formula is C10H16BrNS2. The van der Waals surface area contributed by atoms with Crippen LogP contribution in [0.3, 0.4) is 0 Å². The third-order valence-corrected chi connectivity index (χ3v) is 4.66. The molecule has 0 aliphatic carbocycles. The minimum Gasteiger partial charge on any atom is -0.309 e. The van der Waals surface area contributed by atoms with E-state index >= 15 is 0 Å². The number of thioether (sulfide) groups is 1. The summed E-state index contributed by atoms with van der Waals surface area (Å²) < 4.78 is 1.19. The van der Waals surface area contributed by atoms with E-state index in [1.165, 1.54) is 20.9 Å². The van der Waals surface area contributed by atoms with Gasteiger partial charge in [-0.05, 0) is 34.7 Å². The predicted octanol–water partition coefficient (Wildman–Crippen LogP) is 3.74. The van der Waals surface area contributed by atoms with Crippen LogP contribution in [0.1, 0.15) is 18.7 Å². The summed E-state index contributed by atoms with van der Waals surface area (Å²) in [6.07, 6.45) is 0. The monoisotopic (exact) mass is 293 g/mol. The summed E-state index contributed by atoms with van der Waals surface area (Å²) in [5, 5.41) is 5.64. The van der Waals surface area contributed by atoms with Crippen LogP contribution in [-0.2, 0) is 6.54 Å². The predicted molar refractivity (Wildman–Crippen MR) is 71.3 cm³/mol. The Morgan fingerprint density at radius 3 is 3.00 bits per heavy atom. The molecule has 0 amide bonds. The van der Waals surface area contributed by atoms with Gasteiger partial charge in [0.1, 0.15) is 0 Å². The summed E-state index contributed by atoms with van der Waals surface area (Å²) in [6, 6.07) is 2.78. The summed E-state index contributed by atoms with van der Waals surface area (Å²) in [4.78, 5) is 1.39. The molecule has 0 bridgehead atoms. The van der Waals surface area contributed by atoms with E-state index in [4.69, 9.17) is 0 Å². The zero-order valence-corrected chi connectivity index (χ0v) is 11.8. The van der Waals surface area contributed by atoms with E-state index in [2.05, 4.69) is 46.5 Å². The Kier molecular flexibility index (Phi) is 6.17. The van der Waals surface area contributed by atoms with Crippen LogP contribution in [0.25, 0.3) is 0 Å². The molecule has 0 aliphatic rings. The quantitative estimate of drug-likeness (QED) is 0.857. The Balaban J connectivity index is 2.20. The van der Waals surface area contributed by atoms with Crippen molar-refractivity contribution in [3.8, 4) is 0 Å². The number of rotatable bonds is 6. The first-order valence-corrected chi connectivity index (χ1v) is 7.59. The first-order valence-electron chi connectivity index (χ1n) is 4.76. The van der Waals surface area contributed by atoms with Crippen LogP contribution in [-0.4, -0.2) is 17.5 Å². The molecule has 0 aromatic carbocycles. The molecule has 1 aromatic heterocycles. The molecule has 0 aliphatic heterocycles. The van der Waals surface area contributed by atoms with Crippen molar-refractivity contribution in [1.82, 2.24) is 5.32 Å². The lowest BCUT2D eigenvalue weighted by Gasteiger charge is -2.11. The van der Waals surface area contributed by atoms with E-state index in [9.17, 15) is 0 Å². The van der Waals surface area contributed by atoms with E-state index in [1.807, 2.05) is 11.8 Å². The van der Waals surface area contributed by atoms with Crippen molar-refractivity contribution in [2.24, 2.45) is 0 Å². The average Bonchev–Trinajstić information content (AvgIpc) is 2.58. The molecule has 80 valence electrons. The second kappa shape index (κ2) is 6.88. The van der Waals surface area contributed by atoms with Crippen molar-refractivity contribution in [2.45, 2.75) is 26.4 Å². The standard InChI is InChI=1S/C10H16BrNS2/c1-3-13-6-8(2)12-5-10-4-9(11)7-14-10/h4,7-8,12H,3,5-6H2,1-2H3. The van der Waals surface area contributed by atoms with Gasteiger partial charge in [-0.25, -0.2) is 0 Å². The molecule has 1 rings (SSSR count). The summed E-state index contributed by atoms with van der Waals surface area (Å²) in [7, 11) is 0. The van der Waals surface area contributed by atoms with Crippen molar-refractivity contribution in [3.05, 3.63) is 20.8 Å². The van der Waals surface area contributed by atoms with Crippen LogP contribution < -0.4 is 5.32 Å². The molecule has 0 radical (unpaired) electrons. The lowest BCUT2D eigenvalue weighted by atomic mass is 10.3. The third kappa shape index (κ3) is 4.82. The highest BCUT2D eigenvalue weighted by Crippen LogP contribution is 2.19. The molecule has 0 saturated carbocycles. The number of halogens is 1. The van der Waals surface area contributed by atoms with Crippen LogP contribution in [0.2, 0.25) is 0 Å². The van der Waals surface area contributed by atoms with Gasteiger partial charge in [-0.15, -0.1) is 11.3 Å². The molecule has 0 saturated heterocycles. The summed E-state index contributed by atoms with van der Waals surface area (Å²) >= 11 is 7.25. The smallest absolute Gasteiger partial charge is 0.0302 e. The minimum atomic E-state index is 0.598. The first-order chi connectivity index (χ1) is 6.72. The molecule has 1 aromatic rings. The number of hydrogen-bond acceptors (Lipinski definition) is 3. The average molecular weight is 294 g/mol. The normalized spacial score (nSPS) is 13.1. The SMILES string of the molecule is CCSCC(C)NCc1cc(Br)cs1. The van der Waals surface area contributed by atoms with E-state index in [0.717, 1.165) is 6.54 Å². The Labute approximate surface area is 103 Å². The van der Waals surface area contributed by atoms with Gasteiger partial charge < -0.3 is 5.32 Å². The lowest BCUT2D eigenvalue weighted by molar-refractivity contribution is 0.600. The number of hydrogen-bond donors (Lipinski definition) is 1. The molecular weight excluding hydrogens is 278 g/mol. The van der Waals surface area contributed by atoms with Crippen molar-refractivity contribution in [3.63, 3.8) is 0 Å². The van der Waals surface area contributed by atoms with Crippen LogP contribution in [0.4, 0.5) is 0 Å². The fourth-order valence-electron chi connectivity index (χ4n) is 1.07. The molecule has 1 atom stereocenters. The molecule has 4 heteroatoms. The number of nitrogens with one attached hydrogen (secondary N) is 1. The van der Waals surface area contributed by atoms with Crippen LogP contribution in [0.5, 0.6) is 0 Å². The van der Waals surface area contributed by atoms with Crippen molar-refractivity contribution in [2.75, 3.05) is 11.5 Å². The Bertz CT molecular complexity index is 262. The maximum atomic E-state index is 3.52. The van der Waals surface area contributed by atoms with Crippen molar-refractivity contribution < 1.29 is 0 Å². The molecule has 14 heavy (non-hydrogen) atoms. The fourth-order valence-corrected chi connectivity index (χ4v) is 3.18. The highest BCUT2D eigenvalue weighted by atomic mass is 79.9. The zero-order valence-electron chi connectivity index (χ0n) is 8.55. The third-order valence-electron chi connectivity index (χ3n) is 1.82. The van der Waals surface area contributed by atoms with Gasteiger partial charge in [0.25, 0.3) is 0 Å².